The minimum Gasteiger partial charge on any atom is -0.381 e. The summed E-state index contributed by atoms with van der Waals surface area (Å²) in [6.07, 6.45) is 3.70. The Bertz CT molecular complexity index is 373. The van der Waals surface area contributed by atoms with Crippen molar-refractivity contribution in [2.45, 2.75) is 39.2 Å². The van der Waals surface area contributed by atoms with Crippen LogP contribution in [0.4, 0.5) is 5.69 Å². The van der Waals surface area contributed by atoms with E-state index in [1.807, 2.05) is 0 Å². The standard InChI is InChI=1S/C15H24N2/c1-4-13-8-5-7-12(2)15(13)16-14-9-6-10-17(3)11-14/h5,7-8,14,16H,4,6,9-11H2,1-3H3. The molecule has 1 unspecified atom stereocenters. The van der Waals surface area contributed by atoms with E-state index in [-0.39, 0.29) is 0 Å². The Kier molecular flexibility index (Phi) is 4.06. The van der Waals surface area contributed by atoms with Crippen molar-refractivity contribution in [3.05, 3.63) is 29.3 Å². The van der Waals surface area contributed by atoms with Gasteiger partial charge in [0.15, 0.2) is 0 Å². The van der Waals surface area contributed by atoms with Crippen LogP contribution >= 0.6 is 0 Å². The maximum absolute atomic E-state index is 3.76. The van der Waals surface area contributed by atoms with Crippen molar-refractivity contribution in [3.63, 3.8) is 0 Å². The highest BCUT2D eigenvalue weighted by molar-refractivity contribution is 5.57. The highest BCUT2D eigenvalue weighted by atomic mass is 15.1. The van der Waals surface area contributed by atoms with Gasteiger partial charge in [-0.3, -0.25) is 0 Å². The van der Waals surface area contributed by atoms with Gasteiger partial charge in [0.2, 0.25) is 0 Å². The largest absolute Gasteiger partial charge is 0.381 e. The van der Waals surface area contributed by atoms with Crippen LogP contribution in [-0.2, 0) is 6.42 Å². The van der Waals surface area contributed by atoms with Crippen LogP contribution in [-0.4, -0.2) is 31.1 Å². The van der Waals surface area contributed by atoms with Crippen LogP contribution < -0.4 is 5.32 Å². The van der Waals surface area contributed by atoms with E-state index in [0.717, 1.165) is 13.0 Å². The normalized spacial score (nSPS) is 21.5. The maximum Gasteiger partial charge on any atom is 0.0404 e. The van der Waals surface area contributed by atoms with Gasteiger partial charge in [-0.1, -0.05) is 25.1 Å². The van der Waals surface area contributed by atoms with Crippen molar-refractivity contribution in [1.82, 2.24) is 4.90 Å². The number of anilines is 1. The number of hydrogen-bond acceptors (Lipinski definition) is 2. The van der Waals surface area contributed by atoms with E-state index in [4.69, 9.17) is 0 Å². The first-order valence-corrected chi connectivity index (χ1v) is 6.74. The first-order valence-electron chi connectivity index (χ1n) is 6.74. The molecule has 0 radical (unpaired) electrons. The van der Waals surface area contributed by atoms with Gasteiger partial charge in [-0.05, 0) is 50.9 Å². The first-order chi connectivity index (χ1) is 8.20. The number of aryl methyl sites for hydroxylation is 2. The smallest absolute Gasteiger partial charge is 0.0404 e. The van der Waals surface area contributed by atoms with Crippen LogP contribution in [0.5, 0.6) is 0 Å². The molecule has 1 aromatic rings. The maximum atomic E-state index is 3.76. The monoisotopic (exact) mass is 232 g/mol. The Morgan fingerprint density at radius 1 is 1.41 bits per heavy atom. The second-order valence-electron chi connectivity index (χ2n) is 5.21. The number of piperidine rings is 1. The van der Waals surface area contributed by atoms with E-state index < -0.39 is 0 Å². The number of para-hydroxylation sites is 1. The summed E-state index contributed by atoms with van der Waals surface area (Å²) in [5.41, 5.74) is 4.19. The summed E-state index contributed by atoms with van der Waals surface area (Å²) in [6.45, 7) is 6.84. The second-order valence-corrected chi connectivity index (χ2v) is 5.21. The van der Waals surface area contributed by atoms with Gasteiger partial charge in [0.1, 0.15) is 0 Å². The predicted molar refractivity (Wildman–Crippen MR) is 74.7 cm³/mol. The molecule has 0 amide bonds. The molecule has 1 saturated heterocycles. The van der Waals surface area contributed by atoms with E-state index in [1.165, 1.54) is 36.2 Å². The van der Waals surface area contributed by atoms with E-state index in [1.54, 1.807) is 0 Å². The Balaban J connectivity index is 2.12. The Labute approximate surface area is 105 Å². The van der Waals surface area contributed by atoms with Crippen molar-refractivity contribution < 1.29 is 0 Å². The molecule has 0 spiro atoms. The van der Waals surface area contributed by atoms with Crippen molar-refractivity contribution in [1.29, 1.82) is 0 Å². The average molecular weight is 232 g/mol. The Hall–Kier alpha value is -1.02. The van der Waals surface area contributed by atoms with E-state index in [0.29, 0.717) is 6.04 Å². The molecule has 1 atom stereocenters. The zero-order valence-electron chi connectivity index (χ0n) is 11.3. The molecule has 1 N–H and O–H groups in total. The molecular weight excluding hydrogens is 208 g/mol. The Morgan fingerprint density at radius 3 is 2.94 bits per heavy atom. The quantitative estimate of drug-likeness (QED) is 0.861. The number of nitrogens with zero attached hydrogens (tertiary/aromatic N) is 1. The van der Waals surface area contributed by atoms with Crippen LogP contribution in [0.1, 0.15) is 30.9 Å². The third-order valence-electron chi connectivity index (χ3n) is 3.71. The SMILES string of the molecule is CCc1cccc(C)c1NC1CCCN(C)C1. The molecule has 1 aliphatic heterocycles. The second kappa shape index (κ2) is 5.54. The van der Waals surface area contributed by atoms with Crippen molar-refractivity contribution in [2.24, 2.45) is 0 Å². The molecule has 0 bridgehead atoms. The van der Waals surface area contributed by atoms with Crippen LogP contribution in [0.3, 0.4) is 0 Å². The van der Waals surface area contributed by atoms with Gasteiger partial charge in [0.05, 0.1) is 0 Å². The van der Waals surface area contributed by atoms with Crippen LogP contribution in [0.15, 0.2) is 18.2 Å². The minimum atomic E-state index is 0.611. The van der Waals surface area contributed by atoms with Crippen molar-refractivity contribution in [3.8, 4) is 0 Å². The first kappa shape index (κ1) is 12.4. The lowest BCUT2D eigenvalue weighted by atomic mass is 10.0. The molecule has 1 aromatic carbocycles. The molecule has 1 aliphatic rings. The van der Waals surface area contributed by atoms with Crippen LogP contribution in [0.25, 0.3) is 0 Å². The third kappa shape index (κ3) is 3.01. The predicted octanol–water partition coefficient (Wildman–Crippen LogP) is 3.06. The zero-order chi connectivity index (χ0) is 12.3. The number of hydrogen-bond donors (Lipinski definition) is 1. The van der Waals surface area contributed by atoms with Gasteiger partial charge < -0.3 is 10.2 Å². The number of likely N-dealkylation sites (tertiary alicyclic amines) is 1. The van der Waals surface area contributed by atoms with Gasteiger partial charge in [0, 0.05) is 18.3 Å². The third-order valence-corrected chi connectivity index (χ3v) is 3.71. The fraction of sp³-hybridized carbons (Fsp3) is 0.600. The van der Waals surface area contributed by atoms with Crippen LogP contribution in [0.2, 0.25) is 0 Å². The van der Waals surface area contributed by atoms with E-state index in [9.17, 15) is 0 Å². The van der Waals surface area contributed by atoms with Gasteiger partial charge in [-0.25, -0.2) is 0 Å². The molecule has 94 valence electrons. The molecular formula is C15H24N2. The minimum absolute atomic E-state index is 0.611. The van der Waals surface area contributed by atoms with Gasteiger partial charge in [-0.2, -0.15) is 0 Å². The van der Waals surface area contributed by atoms with Crippen molar-refractivity contribution in [2.75, 3.05) is 25.5 Å². The molecule has 17 heavy (non-hydrogen) atoms. The lowest BCUT2D eigenvalue weighted by Gasteiger charge is -2.32. The van der Waals surface area contributed by atoms with E-state index in [2.05, 4.69) is 49.3 Å². The van der Waals surface area contributed by atoms with Crippen LogP contribution in [0, 0.1) is 6.92 Å². The molecule has 1 heterocycles. The fourth-order valence-electron chi connectivity index (χ4n) is 2.72. The van der Waals surface area contributed by atoms with Gasteiger partial charge in [-0.15, -0.1) is 0 Å². The Morgan fingerprint density at radius 2 is 2.24 bits per heavy atom. The molecule has 2 rings (SSSR count). The van der Waals surface area contributed by atoms with Gasteiger partial charge >= 0.3 is 0 Å². The highest BCUT2D eigenvalue weighted by Gasteiger charge is 2.18. The summed E-state index contributed by atoms with van der Waals surface area (Å²) in [5.74, 6) is 0. The summed E-state index contributed by atoms with van der Waals surface area (Å²) in [7, 11) is 2.21. The molecule has 0 aliphatic carbocycles. The molecule has 2 heteroatoms. The topological polar surface area (TPSA) is 15.3 Å². The number of benzene rings is 1. The molecule has 0 saturated carbocycles. The fourth-order valence-corrected chi connectivity index (χ4v) is 2.72. The lowest BCUT2D eigenvalue weighted by Crippen LogP contribution is -2.40. The summed E-state index contributed by atoms with van der Waals surface area (Å²) >= 11 is 0. The lowest BCUT2D eigenvalue weighted by molar-refractivity contribution is 0.261. The number of nitrogens with one attached hydrogen (secondary N) is 1. The average Bonchev–Trinajstić information content (AvgIpc) is 2.32. The molecule has 0 aromatic heterocycles. The number of likely N-dealkylation sites (N-methyl/N-ethyl adjacent to an activating group) is 1. The van der Waals surface area contributed by atoms with Crippen molar-refractivity contribution >= 4 is 5.69 Å². The van der Waals surface area contributed by atoms with Gasteiger partial charge in [0.25, 0.3) is 0 Å². The summed E-state index contributed by atoms with van der Waals surface area (Å²) in [4.78, 5) is 2.42. The summed E-state index contributed by atoms with van der Waals surface area (Å²) in [5, 5.41) is 3.76. The van der Waals surface area contributed by atoms with E-state index >= 15 is 0 Å². The molecule has 2 nitrogen and oxygen atoms in total. The molecule has 1 fully saturated rings. The summed E-state index contributed by atoms with van der Waals surface area (Å²) in [6, 6.07) is 7.21. The zero-order valence-corrected chi connectivity index (χ0v) is 11.3. The highest BCUT2D eigenvalue weighted by Crippen LogP contribution is 2.23. The summed E-state index contributed by atoms with van der Waals surface area (Å²) < 4.78 is 0. The number of rotatable bonds is 3.